The third-order valence-corrected chi connectivity index (χ3v) is 5.57. The molecule has 0 heterocycles. The van der Waals surface area contributed by atoms with Crippen molar-refractivity contribution in [3.05, 3.63) is 63.6 Å². The highest BCUT2D eigenvalue weighted by molar-refractivity contribution is 9.10. The smallest absolute Gasteiger partial charge is 0.250 e. The first-order valence-corrected chi connectivity index (χ1v) is 11.4. The van der Waals surface area contributed by atoms with E-state index in [0.29, 0.717) is 12.1 Å². The Morgan fingerprint density at radius 3 is 2.10 bits per heavy atom. The van der Waals surface area contributed by atoms with Crippen molar-refractivity contribution in [3.63, 3.8) is 0 Å². The molecule has 0 fully saturated rings. The topological polar surface area (TPSA) is 52.7 Å². The Balaban J connectivity index is 0.000000500. The van der Waals surface area contributed by atoms with Gasteiger partial charge >= 0.3 is 0 Å². The lowest BCUT2D eigenvalue weighted by atomic mass is 10.1. The van der Waals surface area contributed by atoms with Crippen molar-refractivity contribution in [2.24, 2.45) is 0 Å². The van der Waals surface area contributed by atoms with Crippen molar-refractivity contribution >= 4 is 33.9 Å². The number of rotatable bonds is 9. The standard InChI is InChI=1S/C18H29N3O2.C7H7Br/c1-14-10-15(2)12-17(11-14)21(13-22)18(23)16(3)20(5)9-7-6-8-19-4;1-6-2-4-7(8)5-3-6/h10-13,16,19H,6-9H2,1-5H3;2-5H,1H3. The lowest BCUT2D eigenvalue weighted by molar-refractivity contribution is -0.125. The summed E-state index contributed by atoms with van der Waals surface area (Å²) in [5.74, 6) is -0.193. The van der Waals surface area contributed by atoms with E-state index in [4.69, 9.17) is 0 Å². The minimum atomic E-state index is -0.337. The molecule has 2 aromatic carbocycles. The van der Waals surface area contributed by atoms with Crippen molar-refractivity contribution < 1.29 is 9.59 Å². The Morgan fingerprint density at radius 2 is 1.61 bits per heavy atom. The average Bonchev–Trinajstić information content (AvgIpc) is 2.73. The first-order chi connectivity index (χ1) is 14.7. The molecule has 5 nitrogen and oxygen atoms in total. The van der Waals surface area contributed by atoms with Crippen LogP contribution in [0.2, 0.25) is 0 Å². The van der Waals surface area contributed by atoms with E-state index in [0.717, 1.165) is 41.5 Å². The second-order valence-corrected chi connectivity index (χ2v) is 8.84. The molecule has 0 aliphatic heterocycles. The number of halogens is 1. The molecular formula is C25H36BrN3O2. The number of nitrogens with one attached hydrogen (secondary N) is 1. The number of unbranched alkanes of at least 4 members (excludes halogenated alkanes) is 1. The summed E-state index contributed by atoms with van der Waals surface area (Å²) in [5.41, 5.74) is 4.01. The van der Waals surface area contributed by atoms with Crippen LogP contribution in [0.15, 0.2) is 46.9 Å². The predicted molar refractivity (Wildman–Crippen MR) is 134 cm³/mol. The normalized spacial score (nSPS) is 11.5. The number of carbonyl (C=O) groups excluding carboxylic acids is 2. The van der Waals surface area contributed by atoms with Crippen LogP contribution in [0, 0.1) is 20.8 Å². The molecule has 0 aromatic heterocycles. The number of anilines is 1. The van der Waals surface area contributed by atoms with Crippen molar-refractivity contribution in [1.82, 2.24) is 10.2 Å². The van der Waals surface area contributed by atoms with Crippen molar-refractivity contribution in [2.45, 2.75) is 46.6 Å². The second-order valence-electron chi connectivity index (χ2n) is 7.92. The fraction of sp³-hybridized carbons (Fsp3) is 0.440. The zero-order chi connectivity index (χ0) is 23.4. The number of imide groups is 1. The van der Waals surface area contributed by atoms with E-state index in [2.05, 4.69) is 40.3 Å². The average molecular weight is 490 g/mol. The molecule has 0 aliphatic rings. The maximum Gasteiger partial charge on any atom is 0.250 e. The van der Waals surface area contributed by atoms with E-state index in [1.165, 1.54) is 10.5 Å². The summed E-state index contributed by atoms with van der Waals surface area (Å²) in [6.45, 7) is 9.64. The minimum absolute atomic E-state index is 0.193. The molecule has 0 radical (unpaired) electrons. The highest BCUT2D eigenvalue weighted by Crippen LogP contribution is 2.19. The predicted octanol–water partition coefficient (Wildman–Crippen LogP) is 4.87. The Bertz CT molecular complexity index is 783. The number of carbonyl (C=O) groups is 2. The van der Waals surface area contributed by atoms with Gasteiger partial charge in [0.2, 0.25) is 6.41 Å². The fourth-order valence-electron chi connectivity index (χ4n) is 3.11. The molecule has 6 heteroatoms. The summed E-state index contributed by atoms with van der Waals surface area (Å²) in [6.07, 6.45) is 2.69. The third kappa shape index (κ3) is 9.76. The lowest BCUT2D eigenvalue weighted by Crippen LogP contribution is -2.45. The molecule has 2 amide bonds. The van der Waals surface area contributed by atoms with E-state index < -0.39 is 0 Å². The molecule has 1 N–H and O–H groups in total. The number of benzene rings is 2. The number of aryl methyl sites for hydroxylation is 3. The molecule has 170 valence electrons. The number of amides is 2. The SMILES string of the molecule is CNCCCCN(C)C(C)C(=O)N(C=O)c1cc(C)cc(C)c1.Cc1ccc(Br)cc1. The van der Waals surface area contributed by atoms with Gasteiger partial charge in [0.05, 0.1) is 11.7 Å². The molecule has 2 aromatic rings. The summed E-state index contributed by atoms with van der Waals surface area (Å²) >= 11 is 3.35. The Morgan fingerprint density at radius 1 is 1.03 bits per heavy atom. The molecule has 0 spiro atoms. The molecule has 1 atom stereocenters. The molecule has 0 bridgehead atoms. The number of likely N-dealkylation sites (N-methyl/N-ethyl adjacent to an activating group) is 1. The van der Waals surface area contributed by atoms with E-state index in [9.17, 15) is 9.59 Å². The molecule has 0 aliphatic carbocycles. The maximum atomic E-state index is 12.7. The molecular weight excluding hydrogens is 454 g/mol. The fourth-order valence-corrected chi connectivity index (χ4v) is 3.37. The van der Waals surface area contributed by atoms with Crippen LogP contribution in [0.3, 0.4) is 0 Å². The monoisotopic (exact) mass is 489 g/mol. The highest BCUT2D eigenvalue weighted by atomic mass is 79.9. The molecule has 0 saturated carbocycles. The molecule has 1 unspecified atom stereocenters. The van der Waals surface area contributed by atoms with Gasteiger partial charge in [-0.05, 0) is 103 Å². The minimum Gasteiger partial charge on any atom is -0.320 e. The van der Waals surface area contributed by atoms with Gasteiger partial charge < -0.3 is 5.32 Å². The maximum absolute atomic E-state index is 12.7. The first-order valence-electron chi connectivity index (χ1n) is 10.6. The largest absolute Gasteiger partial charge is 0.320 e. The van der Waals surface area contributed by atoms with E-state index in [-0.39, 0.29) is 11.9 Å². The lowest BCUT2D eigenvalue weighted by Gasteiger charge is -2.27. The van der Waals surface area contributed by atoms with Gasteiger partial charge in [-0.3, -0.25) is 19.4 Å². The van der Waals surface area contributed by atoms with Gasteiger partial charge in [0.25, 0.3) is 5.91 Å². The van der Waals surface area contributed by atoms with Crippen LogP contribution in [0.5, 0.6) is 0 Å². The van der Waals surface area contributed by atoms with Gasteiger partial charge in [-0.2, -0.15) is 0 Å². The Kier molecular flexibility index (Phi) is 12.3. The van der Waals surface area contributed by atoms with Crippen molar-refractivity contribution in [1.29, 1.82) is 0 Å². The number of nitrogens with zero attached hydrogens (tertiary/aromatic N) is 2. The summed E-state index contributed by atoms with van der Waals surface area (Å²) in [4.78, 5) is 27.4. The Hall–Kier alpha value is -2.02. The van der Waals surface area contributed by atoms with Crippen LogP contribution in [0.4, 0.5) is 5.69 Å². The first kappa shape index (κ1) is 27.0. The Labute approximate surface area is 195 Å². The van der Waals surface area contributed by atoms with Crippen molar-refractivity contribution in [2.75, 3.05) is 32.1 Å². The van der Waals surface area contributed by atoms with Gasteiger partial charge in [0.1, 0.15) is 0 Å². The van der Waals surface area contributed by atoms with E-state index >= 15 is 0 Å². The summed E-state index contributed by atoms with van der Waals surface area (Å²) in [6, 6.07) is 13.6. The van der Waals surface area contributed by atoms with Crippen LogP contribution < -0.4 is 10.2 Å². The van der Waals surface area contributed by atoms with Crippen LogP contribution in [0.1, 0.15) is 36.5 Å². The van der Waals surface area contributed by atoms with Crippen LogP contribution in [-0.4, -0.2) is 50.4 Å². The van der Waals surface area contributed by atoms with Gasteiger partial charge in [0.15, 0.2) is 0 Å². The summed E-state index contributed by atoms with van der Waals surface area (Å²) in [7, 11) is 3.86. The quantitative estimate of drug-likeness (QED) is 0.403. The zero-order valence-corrected chi connectivity index (χ0v) is 21.2. The van der Waals surface area contributed by atoms with Gasteiger partial charge in [0, 0.05) is 4.47 Å². The van der Waals surface area contributed by atoms with Crippen LogP contribution in [-0.2, 0) is 9.59 Å². The number of hydrogen-bond acceptors (Lipinski definition) is 4. The molecule has 2 rings (SSSR count). The van der Waals surface area contributed by atoms with E-state index in [1.54, 1.807) is 0 Å². The summed E-state index contributed by atoms with van der Waals surface area (Å²) < 4.78 is 1.14. The second kappa shape index (κ2) is 14.1. The van der Waals surface area contributed by atoms with Gasteiger partial charge in [-0.25, -0.2) is 0 Å². The van der Waals surface area contributed by atoms with Gasteiger partial charge in [-0.15, -0.1) is 0 Å². The zero-order valence-electron chi connectivity index (χ0n) is 19.6. The van der Waals surface area contributed by atoms with Crippen molar-refractivity contribution in [3.8, 4) is 0 Å². The van der Waals surface area contributed by atoms with E-state index in [1.807, 2.05) is 70.1 Å². The molecule has 31 heavy (non-hydrogen) atoms. The third-order valence-electron chi connectivity index (χ3n) is 5.04. The highest BCUT2D eigenvalue weighted by Gasteiger charge is 2.24. The molecule has 0 saturated heterocycles. The summed E-state index contributed by atoms with van der Waals surface area (Å²) in [5, 5.41) is 3.11. The van der Waals surface area contributed by atoms with Gasteiger partial charge in [-0.1, -0.05) is 39.7 Å². The van der Waals surface area contributed by atoms with Crippen LogP contribution in [0.25, 0.3) is 0 Å². The number of hydrogen-bond donors (Lipinski definition) is 1. The van der Waals surface area contributed by atoms with Crippen LogP contribution >= 0.6 is 15.9 Å².